The molecule has 2 atom stereocenters. The maximum Gasteiger partial charge on any atom is 0.0156 e. The molecule has 1 heterocycles. The summed E-state index contributed by atoms with van der Waals surface area (Å²) in [6.45, 7) is 18.1. The monoisotopic (exact) mass is 281 g/mol. The fourth-order valence-corrected chi connectivity index (χ4v) is 4.27. The first-order valence-electron chi connectivity index (χ1n) is 8.39. The Balaban J connectivity index is 1.84. The summed E-state index contributed by atoms with van der Waals surface area (Å²) in [7, 11) is 2.14. The second kappa shape index (κ2) is 5.94. The predicted octanol–water partition coefficient (Wildman–Crippen LogP) is 2.43. The SMILES string of the molecule is CNC1C(CN2CCN(C(C)(C)C)CC2)CCC1(C)C. The number of nitrogens with zero attached hydrogens (tertiary/aromatic N) is 2. The Morgan fingerprint density at radius 2 is 1.70 bits per heavy atom. The maximum absolute atomic E-state index is 3.59. The van der Waals surface area contributed by atoms with Crippen molar-refractivity contribution in [3.63, 3.8) is 0 Å². The molecule has 2 fully saturated rings. The lowest BCUT2D eigenvalue weighted by Crippen LogP contribution is -2.55. The van der Waals surface area contributed by atoms with Crippen LogP contribution in [0.3, 0.4) is 0 Å². The molecular weight excluding hydrogens is 246 g/mol. The van der Waals surface area contributed by atoms with E-state index in [9.17, 15) is 0 Å². The smallest absolute Gasteiger partial charge is 0.0156 e. The van der Waals surface area contributed by atoms with Gasteiger partial charge in [0.05, 0.1) is 0 Å². The van der Waals surface area contributed by atoms with Crippen molar-refractivity contribution in [3.05, 3.63) is 0 Å². The van der Waals surface area contributed by atoms with Gasteiger partial charge in [-0.25, -0.2) is 0 Å². The summed E-state index contributed by atoms with van der Waals surface area (Å²) in [6, 6.07) is 0.683. The summed E-state index contributed by atoms with van der Waals surface area (Å²) in [5.41, 5.74) is 0.793. The molecule has 0 bridgehead atoms. The molecule has 2 unspecified atom stereocenters. The molecule has 0 radical (unpaired) electrons. The minimum atomic E-state index is 0.328. The topological polar surface area (TPSA) is 18.5 Å². The van der Waals surface area contributed by atoms with Crippen LogP contribution in [-0.2, 0) is 0 Å². The van der Waals surface area contributed by atoms with Gasteiger partial charge in [0, 0.05) is 44.3 Å². The van der Waals surface area contributed by atoms with Crippen LogP contribution in [0.15, 0.2) is 0 Å². The normalized spacial score (nSPS) is 32.7. The second-order valence-electron chi connectivity index (χ2n) is 8.51. The third kappa shape index (κ3) is 3.55. The maximum atomic E-state index is 3.59. The number of piperazine rings is 1. The average molecular weight is 281 g/mol. The van der Waals surface area contributed by atoms with E-state index in [1.165, 1.54) is 45.6 Å². The summed E-state index contributed by atoms with van der Waals surface area (Å²) in [6.07, 6.45) is 2.75. The highest BCUT2D eigenvalue weighted by molar-refractivity contribution is 4.97. The van der Waals surface area contributed by atoms with Crippen LogP contribution in [0.1, 0.15) is 47.5 Å². The Bertz CT molecular complexity index is 311. The molecule has 2 aliphatic rings. The Hall–Kier alpha value is -0.120. The van der Waals surface area contributed by atoms with Crippen LogP contribution in [0.25, 0.3) is 0 Å². The van der Waals surface area contributed by atoms with Gasteiger partial charge >= 0.3 is 0 Å². The van der Waals surface area contributed by atoms with Gasteiger partial charge in [0.2, 0.25) is 0 Å². The third-order valence-corrected chi connectivity index (χ3v) is 5.60. The zero-order valence-corrected chi connectivity index (χ0v) is 14.5. The van der Waals surface area contributed by atoms with Gasteiger partial charge < -0.3 is 10.2 Å². The molecule has 1 saturated carbocycles. The predicted molar refractivity (Wildman–Crippen MR) is 87.1 cm³/mol. The van der Waals surface area contributed by atoms with Crippen molar-refractivity contribution in [2.75, 3.05) is 39.8 Å². The van der Waals surface area contributed by atoms with Gasteiger partial charge in [-0.2, -0.15) is 0 Å². The highest BCUT2D eigenvalue weighted by Crippen LogP contribution is 2.41. The van der Waals surface area contributed by atoms with Gasteiger partial charge in [0.1, 0.15) is 0 Å². The van der Waals surface area contributed by atoms with Gasteiger partial charge in [-0.05, 0) is 52.0 Å². The van der Waals surface area contributed by atoms with Crippen LogP contribution in [-0.4, -0.2) is 61.2 Å². The standard InChI is InChI=1S/C17H35N3/c1-16(2,3)20-11-9-19(10-12-20)13-14-7-8-17(4,5)15(14)18-6/h14-15,18H,7-13H2,1-6H3. The van der Waals surface area contributed by atoms with Gasteiger partial charge in [-0.15, -0.1) is 0 Å². The number of hydrogen-bond donors (Lipinski definition) is 1. The lowest BCUT2D eigenvalue weighted by Gasteiger charge is -2.43. The van der Waals surface area contributed by atoms with Gasteiger partial charge in [0.25, 0.3) is 0 Å². The summed E-state index contributed by atoms with van der Waals surface area (Å²) in [5, 5.41) is 3.59. The molecule has 1 N–H and O–H groups in total. The molecule has 1 aliphatic carbocycles. The fraction of sp³-hybridized carbons (Fsp3) is 1.00. The van der Waals surface area contributed by atoms with Gasteiger partial charge in [0.15, 0.2) is 0 Å². The van der Waals surface area contributed by atoms with Crippen LogP contribution in [0.5, 0.6) is 0 Å². The van der Waals surface area contributed by atoms with Crippen molar-refractivity contribution in [2.45, 2.75) is 59.0 Å². The van der Waals surface area contributed by atoms with E-state index in [2.05, 4.69) is 56.8 Å². The van der Waals surface area contributed by atoms with E-state index in [0.29, 0.717) is 17.0 Å². The molecule has 0 aromatic rings. The fourth-order valence-electron chi connectivity index (χ4n) is 4.27. The van der Waals surface area contributed by atoms with Crippen molar-refractivity contribution in [1.29, 1.82) is 0 Å². The van der Waals surface area contributed by atoms with E-state index >= 15 is 0 Å². The minimum absolute atomic E-state index is 0.328. The Labute approximate surface area is 126 Å². The van der Waals surface area contributed by atoms with Gasteiger partial charge in [-0.3, -0.25) is 4.90 Å². The molecule has 1 saturated heterocycles. The quantitative estimate of drug-likeness (QED) is 0.857. The molecule has 3 heteroatoms. The molecule has 3 nitrogen and oxygen atoms in total. The lowest BCUT2D eigenvalue weighted by atomic mass is 9.85. The molecule has 0 spiro atoms. The van der Waals surface area contributed by atoms with E-state index in [0.717, 1.165) is 5.92 Å². The summed E-state index contributed by atoms with van der Waals surface area (Å²) >= 11 is 0. The van der Waals surface area contributed by atoms with E-state index in [1.807, 2.05) is 0 Å². The van der Waals surface area contributed by atoms with Crippen molar-refractivity contribution < 1.29 is 0 Å². The Kier molecular flexibility index (Phi) is 4.83. The van der Waals surface area contributed by atoms with E-state index in [-0.39, 0.29) is 0 Å². The van der Waals surface area contributed by atoms with Crippen molar-refractivity contribution in [3.8, 4) is 0 Å². The van der Waals surface area contributed by atoms with Crippen LogP contribution in [0.4, 0.5) is 0 Å². The first-order valence-corrected chi connectivity index (χ1v) is 8.39. The zero-order valence-electron chi connectivity index (χ0n) is 14.5. The molecule has 118 valence electrons. The van der Waals surface area contributed by atoms with E-state index in [4.69, 9.17) is 0 Å². The molecule has 2 rings (SSSR count). The van der Waals surface area contributed by atoms with Crippen molar-refractivity contribution in [1.82, 2.24) is 15.1 Å². The average Bonchev–Trinajstić information content (AvgIpc) is 2.63. The summed E-state index contributed by atoms with van der Waals surface area (Å²) in [4.78, 5) is 5.32. The largest absolute Gasteiger partial charge is 0.316 e. The summed E-state index contributed by atoms with van der Waals surface area (Å²) < 4.78 is 0. The Morgan fingerprint density at radius 1 is 1.10 bits per heavy atom. The lowest BCUT2D eigenvalue weighted by molar-refractivity contribution is 0.0521. The van der Waals surface area contributed by atoms with Crippen LogP contribution in [0, 0.1) is 11.3 Å². The zero-order chi connectivity index (χ0) is 15.0. The van der Waals surface area contributed by atoms with Crippen molar-refractivity contribution in [2.24, 2.45) is 11.3 Å². The first kappa shape index (κ1) is 16.3. The number of rotatable bonds is 3. The summed E-state index contributed by atoms with van der Waals surface area (Å²) in [5.74, 6) is 0.830. The first-order chi connectivity index (χ1) is 9.24. The third-order valence-electron chi connectivity index (χ3n) is 5.60. The highest BCUT2D eigenvalue weighted by atomic mass is 15.3. The van der Waals surface area contributed by atoms with E-state index in [1.54, 1.807) is 0 Å². The number of hydrogen-bond acceptors (Lipinski definition) is 3. The van der Waals surface area contributed by atoms with Crippen LogP contribution in [0.2, 0.25) is 0 Å². The second-order valence-corrected chi connectivity index (χ2v) is 8.51. The number of nitrogens with one attached hydrogen (secondary N) is 1. The van der Waals surface area contributed by atoms with Gasteiger partial charge in [-0.1, -0.05) is 13.8 Å². The van der Waals surface area contributed by atoms with Crippen molar-refractivity contribution >= 4 is 0 Å². The molecule has 20 heavy (non-hydrogen) atoms. The highest BCUT2D eigenvalue weighted by Gasteiger charge is 2.41. The molecule has 0 amide bonds. The minimum Gasteiger partial charge on any atom is -0.316 e. The molecule has 0 aromatic heterocycles. The molecule has 0 aromatic carbocycles. The molecular formula is C17H35N3. The van der Waals surface area contributed by atoms with E-state index < -0.39 is 0 Å². The Morgan fingerprint density at radius 3 is 2.20 bits per heavy atom. The van der Waals surface area contributed by atoms with Crippen LogP contribution >= 0.6 is 0 Å². The van der Waals surface area contributed by atoms with Crippen LogP contribution < -0.4 is 5.32 Å². The molecule has 1 aliphatic heterocycles.